The Hall–Kier alpha value is -1.68. The standard InChI is InChI=1S/C22H33NO7S/c1-2-3-4-5-6-7-10-13-31(26,27)23-17-12-9-8-11-16(17)22(25)30-19-15-29-20-18(24)14-28-21(19)20/h8-9,11-12,18-21,23-24H,2-7,10,13-15H2,1H3/t18-,19?,20-,21-/m1/s1. The van der Waals surface area contributed by atoms with Crippen molar-refractivity contribution >= 4 is 21.7 Å². The van der Waals surface area contributed by atoms with Gasteiger partial charge in [0.2, 0.25) is 10.0 Å². The van der Waals surface area contributed by atoms with Gasteiger partial charge in [0.15, 0.2) is 6.10 Å². The molecule has 4 atom stereocenters. The van der Waals surface area contributed by atoms with Gasteiger partial charge in [-0.15, -0.1) is 0 Å². The number of fused-ring (bicyclic) bond motifs is 1. The van der Waals surface area contributed by atoms with Crippen molar-refractivity contribution in [1.82, 2.24) is 0 Å². The number of carbonyl (C=O) groups is 1. The van der Waals surface area contributed by atoms with E-state index >= 15 is 0 Å². The Morgan fingerprint density at radius 3 is 2.52 bits per heavy atom. The summed E-state index contributed by atoms with van der Waals surface area (Å²) in [6.45, 7) is 2.43. The molecule has 0 aromatic heterocycles. The average molecular weight is 456 g/mol. The number of ether oxygens (including phenoxy) is 3. The molecular formula is C22H33NO7S. The maximum atomic E-state index is 12.7. The number of unbranched alkanes of at least 4 members (excludes halogenated alkanes) is 6. The fourth-order valence-corrected chi connectivity index (χ4v) is 5.16. The van der Waals surface area contributed by atoms with Gasteiger partial charge < -0.3 is 19.3 Å². The largest absolute Gasteiger partial charge is 0.453 e. The molecule has 2 fully saturated rings. The first-order valence-electron chi connectivity index (χ1n) is 11.1. The molecule has 1 unspecified atom stereocenters. The Morgan fingerprint density at radius 2 is 1.74 bits per heavy atom. The number of sulfonamides is 1. The number of rotatable bonds is 12. The summed E-state index contributed by atoms with van der Waals surface area (Å²) in [4.78, 5) is 12.7. The molecule has 2 N–H and O–H groups in total. The molecule has 0 spiro atoms. The number of aliphatic hydroxyl groups excluding tert-OH is 1. The Labute approximate surface area is 184 Å². The van der Waals surface area contributed by atoms with E-state index in [9.17, 15) is 18.3 Å². The lowest BCUT2D eigenvalue weighted by atomic mass is 10.1. The molecule has 0 aliphatic carbocycles. The van der Waals surface area contributed by atoms with Crippen molar-refractivity contribution in [2.75, 3.05) is 23.7 Å². The highest BCUT2D eigenvalue weighted by Crippen LogP contribution is 2.30. The van der Waals surface area contributed by atoms with E-state index in [2.05, 4.69) is 11.6 Å². The van der Waals surface area contributed by atoms with E-state index in [4.69, 9.17) is 14.2 Å². The summed E-state index contributed by atoms with van der Waals surface area (Å²) in [6, 6.07) is 6.37. The van der Waals surface area contributed by atoms with Crippen LogP contribution in [0.4, 0.5) is 5.69 Å². The van der Waals surface area contributed by atoms with Crippen molar-refractivity contribution in [2.24, 2.45) is 0 Å². The summed E-state index contributed by atoms with van der Waals surface area (Å²) in [7, 11) is -3.58. The maximum absolute atomic E-state index is 12.7. The van der Waals surface area contributed by atoms with E-state index < -0.39 is 40.4 Å². The molecule has 0 amide bonds. The molecule has 2 heterocycles. The Bertz CT molecular complexity index is 829. The summed E-state index contributed by atoms with van der Waals surface area (Å²) in [6.07, 6.45) is 4.79. The Balaban J connectivity index is 1.53. The van der Waals surface area contributed by atoms with Gasteiger partial charge in [0, 0.05) is 0 Å². The van der Waals surface area contributed by atoms with E-state index in [0.717, 1.165) is 19.3 Å². The summed E-state index contributed by atoms with van der Waals surface area (Å²) in [5, 5.41) is 9.82. The zero-order valence-electron chi connectivity index (χ0n) is 18.0. The fraction of sp³-hybridized carbons (Fsp3) is 0.682. The molecule has 2 aliphatic rings. The van der Waals surface area contributed by atoms with Crippen LogP contribution in [0.15, 0.2) is 24.3 Å². The zero-order chi connectivity index (χ0) is 22.3. The van der Waals surface area contributed by atoms with Crippen LogP contribution in [-0.2, 0) is 24.2 Å². The summed E-state index contributed by atoms with van der Waals surface area (Å²) < 4.78 is 44.0. The molecule has 1 aromatic carbocycles. The van der Waals surface area contributed by atoms with Crippen LogP contribution in [-0.4, -0.2) is 62.9 Å². The van der Waals surface area contributed by atoms with Gasteiger partial charge in [-0.2, -0.15) is 0 Å². The zero-order valence-corrected chi connectivity index (χ0v) is 18.8. The number of aliphatic hydroxyl groups is 1. The highest BCUT2D eigenvalue weighted by molar-refractivity contribution is 7.92. The number of carbonyl (C=O) groups excluding carboxylic acids is 1. The Morgan fingerprint density at radius 1 is 1.06 bits per heavy atom. The molecular weight excluding hydrogens is 422 g/mol. The van der Waals surface area contributed by atoms with Gasteiger partial charge in [0.1, 0.15) is 18.3 Å². The van der Waals surface area contributed by atoms with Crippen LogP contribution in [0.2, 0.25) is 0 Å². The highest BCUT2D eigenvalue weighted by atomic mass is 32.2. The number of benzene rings is 1. The Kier molecular flexibility index (Phi) is 8.71. The van der Waals surface area contributed by atoms with Crippen LogP contribution in [0.3, 0.4) is 0 Å². The second kappa shape index (κ2) is 11.3. The minimum absolute atomic E-state index is 0.0100. The number of hydrogen-bond donors (Lipinski definition) is 2. The van der Waals surface area contributed by atoms with Crippen LogP contribution in [0.1, 0.15) is 62.2 Å². The molecule has 3 rings (SSSR count). The van der Waals surface area contributed by atoms with Crippen molar-refractivity contribution in [3.05, 3.63) is 29.8 Å². The molecule has 0 bridgehead atoms. The molecule has 31 heavy (non-hydrogen) atoms. The SMILES string of the molecule is CCCCCCCCCS(=O)(=O)Nc1ccccc1C(=O)OC1CO[C@@H]2[C@H](O)CO[C@H]12. The van der Waals surface area contributed by atoms with Crippen molar-refractivity contribution < 1.29 is 32.5 Å². The monoisotopic (exact) mass is 455 g/mol. The predicted octanol–water partition coefficient (Wildman–Crippen LogP) is 2.86. The number of nitrogens with one attached hydrogen (secondary N) is 1. The van der Waals surface area contributed by atoms with Crippen LogP contribution in [0, 0.1) is 0 Å². The lowest BCUT2D eigenvalue weighted by molar-refractivity contribution is -0.0208. The first kappa shape index (κ1) is 24.0. The topological polar surface area (TPSA) is 111 Å². The number of anilines is 1. The minimum Gasteiger partial charge on any atom is -0.453 e. The molecule has 2 aliphatic heterocycles. The molecule has 0 radical (unpaired) electrons. The third kappa shape index (κ3) is 6.65. The molecule has 2 saturated heterocycles. The average Bonchev–Trinajstić information content (AvgIpc) is 3.30. The van der Waals surface area contributed by atoms with Crippen LogP contribution < -0.4 is 4.72 Å². The smallest absolute Gasteiger partial charge is 0.340 e. The van der Waals surface area contributed by atoms with Crippen LogP contribution in [0.5, 0.6) is 0 Å². The first-order valence-corrected chi connectivity index (χ1v) is 12.8. The van der Waals surface area contributed by atoms with Gasteiger partial charge in [-0.1, -0.05) is 57.6 Å². The second-order valence-electron chi connectivity index (χ2n) is 8.19. The van der Waals surface area contributed by atoms with Crippen molar-refractivity contribution in [3.8, 4) is 0 Å². The van der Waals surface area contributed by atoms with Crippen LogP contribution >= 0.6 is 0 Å². The summed E-state index contributed by atoms with van der Waals surface area (Å²) in [5.41, 5.74) is 0.325. The quantitative estimate of drug-likeness (QED) is 0.368. The summed E-state index contributed by atoms with van der Waals surface area (Å²) >= 11 is 0. The third-order valence-corrected chi connectivity index (χ3v) is 7.03. The lowest BCUT2D eigenvalue weighted by Gasteiger charge is -2.18. The molecule has 8 nitrogen and oxygen atoms in total. The number of para-hydroxylation sites is 1. The predicted molar refractivity (Wildman–Crippen MR) is 117 cm³/mol. The summed E-state index contributed by atoms with van der Waals surface area (Å²) in [5.74, 6) is -0.649. The van der Waals surface area contributed by atoms with Crippen molar-refractivity contribution in [3.63, 3.8) is 0 Å². The lowest BCUT2D eigenvalue weighted by Crippen LogP contribution is -2.34. The highest BCUT2D eigenvalue weighted by Gasteiger charge is 2.49. The van der Waals surface area contributed by atoms with Gasteiger partial charge >= 0.3 is 5.97 Å². The van der Waals surface area contributed by atoms with Gasteiger partial charge in [-0.3, -0.25) is 4.72 Å². The van der Waals surface area contributed by atoms with Gasteiger partial charge in [-0.05, 0) is 18.6 Å². The van der Waals surface area contributed by atoms with Crippen molar-refractivity contribution in [1.29, 1.82) is 0 Å². The third-order valence-electron chi connectivity index (χ3n) is 5.67. The second-order valence-corrected chi connectivity index (χ2v) is 10.0. The van der Waals surface area contributed by atoms with E-state index in [0.29, 0.717) is 6.42 Å². The number of hydrogen-bond acceptors (Lipinski definition) is 7. The van der Waals surface area contributed by atoms with Crippen LogP contribution in [0.25, 0.3) is 0 Å². The fourth-order valence-electron chi connectivity index (χ4n) is 3.96. The molecule has 0 saturated carbocycles. The van der Waals surface area contributed by atoms with Gasteiger partial charge in [0.25, 0.3) is 0 Å². The van der Waals surface area contributed by atoms with Gasteiger partial charge in [-0.25, -0.2) is 13.2 Å². The maximum Gasteiger partial charge on any atom is 0.340 e. The molecule has 1 aromatic rings. The van der Waals surface area contributed by atoms with Crippen molar-refractivity contribution in [2.45, 2.75) is 76.3 Å². The number of esters is 1. The van der Waals surface area contributed by atoms with E-state index in [1.165, 1.54) is 25.3 Å². The minimum atomic E-state index is -3.58. The molecule has 9 heteroatoms. The van der Waals surface area contributed by atoms with E-state index in [1.54, 1.807) is 18.2 Å². The van der Waals surface area contributed by atoms with E-state index in [-0.39, 0.29) is 30.2 Å². The normalized spacial score (nSPS) is 25.4. The first-order chi connectivity index (χ1) is 14.9. The van der Waals surface area contributed by atoms with E-state index in [1.807, 2.05) is 0 Å². The molecule has 174 valence electrons. The van der Waals surface area contributed by atoms with Gasteiger partial charge in [0.05, 0.1) is 30.2 Å².